The maximum atomic E-state index is 11.7. The van der Waals surface area contributed by atoms with E-state index in [0.29, 0.717) is 27.5 Å². The number of nitro groups is 1. The number of furan rings is 1. The molecule has 0 bridgehead atoms. The van der Waals surface area contributed by atoms with Crippen LogP contribution in [0.2, 0.25) is 5.02 Å². The third-order valence-electron chi connectivity index (χ3n) is 4.50. The quantitative estimate of drug-likeness (QED) is 0.143. The number of carboxylic acid groups (broad SMARTS) is 1. The molecule has 0 radical (unpaired) electrons. The van der Waals surface area contributed by atoms with Gasteiger partial charge >= 0.3 is 5.97 Å². The van der Waals surface area contributed by atoms with Crippen molar-refractivity contribution in [3.8, 4) is 22.8 Å². The van der Waals surface area contributed by atoms with Crippen molar-refractivity contribution in [1.82, 2.24) is 10.2 Å². The van der Waals surface area contributed by atoms with Crippen LogP contribution in [0, 0.1) is 17.0 Å². The Balaban J connectivity index is 1.57. The average molecular weight is 484 g/mol. The molecule has 0 saturated carbocycles. The first-order valence-electron chi connectivity index (χ1n) is 9.37. The molecule has 0 unspecified atom stereocenters. The zero-order chi connectivity index (χ0) is 23.5. The zero-order valence-corrected chi connectivity index (χ0v) is 18.5. The number of benzene rings is 2. The molecule has 0 saturated heterocycles. The van der Waals surface area contributed by atoms with E-state index in [1.165, 1.54) is 12.1 Å². The summed E-state index contributed by atoms with van der Waals surface area (Å²) < 4.78 is 11.2. The second-order valence-electron chi connectivity index (χ2n) is 6.76. The van der Waals surface area contributed by atoms with Gasteiger partial charge in [0, 0.05) is 33.9 Å². The summed E-state index contributed by atoms with van der Waals surface area (Å²) in [7, 11) is 0. The summed E-state index contributed by atoms with van der Waals surface area (Å²) in [6, 6.07) is 14.7. The minimum absolute atomic E-state index is 0.0318. The molecule has 2 heterocycles. The second kappa shape index (κ2) is 9.31. The van der Waals surface area contributed by atoms with Crippen LogP contribution in [-0.4, -0.2) is 26.2 Å². The molecule has 0 spiro atoms. The van der Waals surface area contributed by atoms with Gasteiger partial charge < -0.3 is 13.9 Å². The zero-order valence-electron chi connectivity index (χ0n) is 16.9. The van der Waals surface area contributed by atoms with Crippen LogP contribution < -0.4 is 0 Å². The fourth-order valence-electron chi connectivity index (χ4n) is 2.86. The number of nitro benzene ring substituents is 1. The Morgan fingerprint density at radius 3 is 2.52 bits per heavy atom. The van der Waals surface area contributed by atoms with Gasteiger partial charge in [-0.2, -0.15) is 0 Å². The Morgan fingerprint density at radius 1 is 1.09 bits per heavy atom. The fraction of sp³-hybridized carbons (Fsp3) is 0.0455. The minimum atomic E-state index is -1.21. The second-order valence-corrected chi connectivity index (χ2v) is 8.19. The molecule has 0 aliphatic carbocycles. The molecular weight excluding hydrogens is 470 g/mol. The van der Waals surface area contributed by atoms with Crippen molar-refractivity contribution >= 4 is 41.1 Å². The van der Waals surface area contributed by atoms with Gasteiger partial charge in [0.25, 0.3) is 10.9 Å². The van der Waals surface area contributed by atoms with Gasteiger partial charge in [-0.3, -0.25) is 10.1 Å². The molecule has 0 amide bonds. The highest BCUT2D eigenvalue weighted by Crippen LogP contribution is 2.32. The largest absolute Gasteiger partial charge is 0.477 e. The normalized spacial score (nSPS) is 11.5. The summed E-state index contributed by atoms with van der Waals surface area (Å²) in [6.45, 7) is 1.64. The van der Waals surface area contributed by atoms with E-state index < -0.39 is 10.9 Å². The van der Waals surface area contributed by atoms with Crippen molar-refractivity contribution in [3.63, 3.8) is 0 Å². The van der Waals surface area contributed by atoms with Gasteiger partial charge in [-0.15, -0.1) is 10.2 Å². The lowest BCUT2D eigenvalue weighted by Crippen LogP contribution is -1.96. The van der Waals surface area contributed by atoms with E-state index in [9.17, 15) is 20.0 Å². The highest BCUT2D eigenvalue weighted by Gasteiger charge is 2.18. The molecule has 4 rings (SSSR count). The Labute approximate surface area is 195 Å². The standard InChI is InChI=1S/C22H14ClN3O6S/c1-12-2-3-14(10-17(12)26(29)30)18-9-8-16(31-18)11-19(21(27)28)33-22-25-24-20(32-22)13-4-6-15(23)7-5-13/h2-11H,1H3,(H,27,28)/b19-11-. The number of carboxylic acids is 1. The van der Waals surface area contributed by atoms with E-state index in [1.807, 2.05) is 0 Å². The van der Waals surface area contributed by atoms with E-state index >= 15 is 0 Å². The smallest absolute Gasteiger partial charge is 0.342 e. The Morgan fingerprint density at radius 2 is 1.82 bits per heavy atom. The van der Waals surface area contributed by atoms with Crippen LogP contribution in [0.15, 0.2) is 73.6 Å². The highest BCUT2D eigenvalue weighted by molar-refractivity contribution is 8.03. The van der Waals surface area contributed by atoms with Crippen molar-refractivity contribution in [2.45, 2.75) is 12.1 Å². The molecular formula is C22H14ClN3O6S. The lowest BCUT2D eigenvalue weighted by atomic mass is 10.1. The molecule has 0 aliphatic heterocycles. The van der Waals surface area contributed by atoms with Crippen molar-refractivity contribution in [2.75, 3.05) is 0 Å². The van der Waals surface area contributed by atoms with Crippen LogP contribution in [0.3, 0.4) is 0 Å². The first-order valence-corrected chi connectivity index (χ1v) is 10.6. The lowest BCUT2D eigenvalue weighted by Gasteiger charge is -2.00. The summed E-state index contributed by atoms with van der Waals surface area (Å²) >= 11 is 6.64. The maximum Gasteiger partial charge on any atom is 0.342 e. The Bertz CT molecular complexity index is 1380. The molecule has 2 aromatic heterocycles. The first kappa shape index (κ1) is 22.3. The van der Waals surface area contributed by atoms with E-state index in [1.54, 1.807) is 55.5 Å². The third kappa shape index (κ3) is 5.13. The minimum Gasteiger partial charge on any atom is -0.477 e. The van der Waals surface area contributed by atoms with E-state index in [0.717, 1.165) is 11.8 Å². The van der Waals surface area contributed by atoms with Crippen LogP contribution in [-0.2, 0) is 4.79 Å². The number of nitrogens with zero attached hydrogens (tertiary/aromatic N) is 3. The lowest BCUT2D eigenvalue weighted by molar-refractivity contribution is -0.385. The molecule has 0 fully saturated rings. The maximum absolute atomic E-state index is 11.7. The van der Waals surface area contributed by atoms with Gasteiger partial charge in [0.1, 0.15) is 16.4 Å². The summed E-state index contributed by atoms with van der Waals surface area (Å²) in [5.74, 6) is -0.382. The number of aromatic nitrogens is 2. The number of rotatable bonds is 7. The van der Waals surface area contributed by atoms with Gasteiger partial charge in [-0.25, -0.2) is 4.79 Å². The number of aryl methyl sites for hydroxylation is 1. The molecule has 166 valence electrons. The predicted octanol–water partition coefficient (Wildman–Crippen LogP) is 6.08. The summed E-state index contributed by atoms with van der Waals surface area (Å²) in [5.41, 5.74) is 1.64. The predicted molar refractivity (Wildman–Crippen MR) is 122 cm³/mol. The van der Waals surface area contributed by atoms with Gasteiger partial charge in [0.05, 0.1) is 4.92 Å². The van der Waals surface area contributed by atoms with Crippen molar-refractivity contribution in [3.05, 3.63) is 86.0 Å². The first-order chi connectivity index (χ1) is 15.8. The van der Waals surface area contributed by atoms with E-state index in [4.69, 9.17) is 20.4 Å². The van der Waals surface area contributed by atoms with Gasteiger partial charge in [0.2, 0.25) is 5.89 Å². The number of hydrogen-bond donors (Lipinski definition) is 1. The van der Waals surface area contributed by atoms with Crippen LogP contribution in [0.5, 0.6) is 0 Å². The molecule has 9 nitrogen and oxygen atoms in total. The van der Waals surface area contributed by atoms with Crippen LogP contribution in [0.25, 0.3) is 28.9 Å². The Kier molecular flexibility index (Phi) is 6.29. The summed E-state index contributed by atoms with van der Waals surface area (Å²) in [5, 5.41) is 29.2. The third-order valence-corrected chi connectivity index (χ3v) is 5.60. The van der Waals surface area contributed by atoms with Crippen molar-refractivity contribution in [2.24, 2.45) is 0 Å². The summed E-state index contributed by atoms with van der Waals surface area (Å²) in [6.07, 6.45) is 1.31. The fourth-order valence-corrected chi connectivity index (χ4v) is 3.64. The molecule has 0 aliphatic rings. The van der Waals surface area contributed by atoms with Crippen LogP contribution in [0.1, 0.15) is 11.3 Å². The molecule has 33 heavy (non-hydrogen) atoms. The molecule has 2 aromatic carbocycles. The van der Waals surface area contributed by atoms with Crippen LogP contribution >= 0.6 is 23.4 Å². The van der Waals surface area contributed by atoms with Gasteiger partial charge in [-0.05, 0) is 55.1 Å². The van der Waals surface area contributed by atoms with Crippen molar-refractivity contribution in [1.29, 1.82) is 0 Å². The topological polar surface area (TPSA) is 132 Å². The van der Waals surface area contributed by atoms with E-state index in [2.05, 4.69) is 10.2 Å². The Hall–Kier alpha value is -3.89. The number of carbonyl (C=O) groups is 1. The number of aliphatic carboxylic acids is 1. The SMILES string of the molecule is Cc1ccc(-c2ccc(/C=C(\Sc3nnc(-c4ccc(Cl)cc4)o3)C(=O)O)o2)cc1[N+](=O)[O-]. The number of halogens is 1. The molecule has 1 N–H and O–H groups in total. The average Bonchev–Trinajstić information content (AvgIpc) is 3.44. The van der Waals surface area contributed by atoms with Crippen LogP contribution in [0.4, 0.5) is 5.69 Å². The summed E-state index contributed by atoms with van der Waals surface area (Å²) in [4.78, 5) is 22.3. The van der Waals surface area contributed by atoms with Gasteiger partial charge in [0.15, 0.2) is 0 Å². The van der Waals surface area contributed by atoms with E-state index in [-0.39, 0.29) is 27.5 Å². The number of thioether (sulfide) groups is 1. The highest BCUT2D eigenvalue weighted by atomic mass is 35.5. The monoisotopic (exact) mass is 483 g/mol. The van der Waals surface area contributed by atoms with Gasteiger partial charge in [-0.1, -0.05) is 23.7 Å². The molecule has 11 heteroatoms. The molecule has 0 atom stereocenters. The molecule has 4 aromatic rings. The number of hydrogen-bond acceptors (Lipinski definition) is 8. The van der Waals surface area contributed by atoms with Crippen molar-refractivity contribution < 1.29 is 23.7 Å².